The molecule has 2 rings (SSSR count). The van der Waals surface area contributed by atoms with Gasteiger partial charge in [0.1, 0.15) is 0 Å². The molecule has 0 amide bonds. The Kier molecular flexibility index (Phi) is 5.45. The molecule has 20 heavy (non-hydrogen) atoms. The highest BCUT2D eigenvalue weighted by molar-refractivity contribution is 7.89. The second-order valence-corrected chi connectivity index (χ2v) is 8.81. The van der Waals surface area contributed by atoms with Crippen molar-refractivity contribution in [3.63, 3.8) is 0 Å². The maximum absolute atomic E-state index is 12.6. The van der Waals surface area contributed by atoms with Crippen molar-refractivity contribution < 1.29 is 8.42 Å². The van der Waals surface area contributed by atoms with E-state index in [1.165, 1.54) is 12.8 Å². The van der Waals surface area contributed by atoms with Crippen LogP contribution in [0.4, 0.5) is 0 Å². The molecule has 2 saturated heterocycles. The molecule has 0 aromatic rings. The van der Waals surface area contributed by atoms with E-state index in [1.807, 2.05) is 20.8 Å². The number of piperazine rings is 1. The zero-order valence-corrected chi connectivity index (χ0v) is 13.8. The molecular formula is C14H29N3O2S. The molecule has 0 aliphatic carbocycles. The van der Waals surface area contributed by atoms with Gasteiger partial charge in [-0.05, 0) is 26.3 Å². The Morgan fingerprint density at radius 2 is 1.90 bits per heavy atom. The number of nitrogens with zero attached hydrogens (tertiary/aromatic N) is 2. The Balaban J connectivity index is 1.95. The van der Waals surface area contributed by atoms with Crippen molar-refractivity contribution in [3.05, 3.63) is 0 Å². The van der Waals surface area contributed by atoms with E-state index >= 15 is 0 Å². The van der Waals surface area contributed by atoms with Crippen molar-refractivity contribution in [1.82, 2.24) is 14.5 Å². The highest BCUT2D eigenvalue weighted by atomic mass is 32.2. The second kappa shape index (κ2) is 6.73. The highest BCUT2D eigenvalue weighted by Crippen LogP contribution is 2.23. The van der Waals surface area contributed by atoms with Gasteiger partial charge in [-0.25, -0.2) is 8.42 Å². The molecule has 2 fully saturated rings. The van der Waals surface area contributed by atoms with E-state index in [4.69, 9.17) is 0 Å². The van der Waals surface area contributed by atoms with Gasteiger partial charge in [0.05, 0.1) is 5.25 Å². The van der Waals surface area contributed by atoms with E-state index in [0.29, 0.717) is 31.7 Å². The predicted molar refractivity (Wildman–Crippen MR) is 82.3 cm³/mol. The normalized spacial score (nSPS) is 27.5. The minimum absolute atomic E-state index is 0.322. The number of sulfonamides is 1. The molecule has 2 unspecified atom stereocenters. The van der Waals surface area contributed by atoms with Gasteiger partial charge in [-0.3, -0.25) is 4.90 Å². The average molecular weight is 303 g/mol. The van der Waals surface area contributed by atoms with Crippen molar-refractivity contribution in [2.45, 2.75) is 57.4 Å². The summed E-state index contributed by atoms with van der Waals surface area (Å²) in [7, 11) is -3.16. The molecule has 6 heteroatoms. The fraction of sp³-hybridized carbons (Fsp3) is 1.00. The molecule has 2 atom stereocenters. The molecule has 1 N–H and O–H groups in total. The van der Waals surface area contributed by atoms with Crippen LogP contribution in [0.1, 0.15) is 40.0 Å². The molecule has 0 aromatic carbocycles. The van der Waals surface area contributed by atoms with Crippen LogP contribution >= 0.6 is 0 Å². The molecular weight excluding hydrogens is 274 g/mol. The highest BCUT2D eigenvalue weighted by Gasteiger charge is 2.36. The summed E-state index contributed by atoms with van der Waals surface area (Å²) < 4.78 is 27.0. The van der Waals surface area contributed by atoms with Gasteiger partial charge in [0.25, 0.3) is 0 Å². The fourth-order valence-electron chi connectivity index (χ4n) is 3.12. The van der Waals surface area contributed by atoms with E-state index in [-0.39, 0.29) is 5.25 Å². The lowest BCUT2D eigenvalue weighted by Gasteiger charge is -2.44. The number of fused-ring (bicyclic) bond motifs is 1. The summed E-state index contributed by atoms with van der Waals surface area (Å²) in [6, 6.07) is 0.764. The largest absolute Gasteiger partial charge is 0.313 e. The van der Waals surface area contributed by atoms with Crippen molar-refractivity contribution in [1.29, 1.82) is 0 Å². The molecule has 2 aliphatic rings. The van der Waals surface area contributed by atoms with Crippen molar-refractivity contribution >= 4 is 10.0 Å². The number of hydrogen-bond donors (Lipinski definition) is 1. The van der Waals surface area contributed by atoms with Gasteiger partial charge in [0.15, 0.2) is 0 Å². The van der Waals surface area contributed by atoms with Crippen LogP contribution in [0.25, 0.3) is 0 Å². The summed E-state index contributed by atoms with van der Waals surface area (Å²) in [5, 5.41) is 2.88. The van der Waals surface area contributed by atoms with Gasteiger partial charge in [-0.1, -0.05) is 20.3 Å². The topological polar surface area (TPSA) is 52.7 Å². The van der Waals surface area contributed by atoms with E-state index in [2.05, 4.69) is 10.2 Å². The summed E-state index contributed by atoms with van der Waals surface area (Å²) in [6.45, 7) is 9.82. The minimum Gasteiger partial charge on any atom is -0.313 e. The summed E-state index contributed by atoms with van der Waals surface area (Å²) in [6.07, 6.45) is 3.64. The minimum atomic E-state index is -3.16. The zero-order valence-electron chi connectivity index (χ0n) is 13.0. The van der Waals surface area contributed by atoms with E-state index in [9.17, 15) is 8.42 Å². The van der Waals surface area contributed by atoms with Crippen LogP contribution < -0.4 is 5.32 Å². The smallest absolute Gasteiger partial charge is 0.218 e. The number of nitrogens with one attached hydrogen (secondary N) is 1. The first kappa shape index (κ1) is 16.2. The summed E-state index contributed by atoms with van der Waals surface area (Å²) in [4.78, 5) is 2.46. The van der Waals surface area contributed by atoms with E-state index < -0.39 is 10.0 Å². The van der Waals surface area contributed by atoms with Gasteiger partial charge in [-0.2, -0.15) is 4.31 Å². The van der Waals surface area contributed by atoms with E-state index in [1.54, 1.807) is 4.31 Å². The maximum atomic E-state index is 12.6. The third kappa shape index (κ3) is 3.72. The lowest BCUT2D eigenvalue weighted by molar-refractivity contribution is 0.0848. The van der Waals surface area contributed by atoms with Crippen LogP contribution in [0.5, 0.6) is 0 Å². The van der Waals surface area contributed by atoms with Crippen molar-refractivity contribution in [3.8, 4) is 0 Å². The molecule has 0 bridgehead atoms. The number of rotatable bonds is 5. The molecule has 118 valence electrons. The lowest BCUT2D eigenvalue weighted by Crippen LogP contribution is -2.57. The Morgan fingerprint density at radius 3 is 2.60 bits per heavy atom. The summed E-state index contributed by atoms with van der Waals surface area (Å²) >= 11 is 0. The third-order valence-corrected chi connectivity index (χ3v) is 6.72. The standard InChI is InChI=1S/C14H29N3O2S/c1-12(2)15-10-13(3)20(18,19)17-9-8-16-7-5-4-6-14(16)11-17/h12-15H,4-11H2,1-3H3. The molecule has 0 saturated carbocycles. The third-order valence-electron chi connectivity index (χ3n) is 4.48. The Bertz CT molecular complexity index is 411. The van der Waals surface area contributed by atoms with Crippen molar-refractivity contribution in [2.75, 3.05) is 32.7 Å². The van der Waals surface area contributed by atoms with Gasteiger partial charge in [0.2, 0.25) is 10.0 Å². The molecule has 0 radical (unpaired) electrons. The van der Waals surface area contributed by atoms with Gasteiger partial charge < -0.3 is 5.32 Å². The Labute approximate surface area is 123 Å². The molecule has 0 aromatic heterocycles. The van der Waals surface area contributed by atoms with Gasteiger partial charge in [-0.15, -0.1) is 0 Å². The van der Waals surface area contributed by atoms with Crippen LogP contribution in [0.2, 0.25) is 0 Å². The van der Waals surface area contributed by atoms with E-state index in [0.717, 1.165) is 19.5 Å². The summed E-state index contributed by atoms with van der Waals surface area (Å²) in [5.74, 6) is 0. The van der Waals surface area contributed by atoms with Crippen molar-refractivity contribution in [2.24, 2.45) is 0 Å². The molecule has 2 aliphatic heterocycles. The van der Waals surface area contributed by atoms with Crippen LogP contribution in [-0.4, -0.2) is 67.7 Å². The molecule has 2 heterocycles. The predicted octanol–water partition coefficient (Wildman–Crippen LogP) is 0.873. The van der Waals surface area contributed by atoms with Gasteiger partial charge in [0, 0.05) is 38.3 Å². The number of hydrogen-bond acceptors (Lipinski definition) is 4. The first-order valence-corrected chi connectivity index (χ1v) is 9.38. The average Bonchev–Trinajstić information content (AvgIpc) is 2.44. The summed E-state index contributed by atoms with van der Waals surface area (Å²) in [5.41, 5.74) is 0. The zero-order chi connectivity index (χ0) is 14.8. The van der Waals surface area contributed by atoms with Crippen LogP contribution in [-0.2, 0) is 10.0 Å². The van der Waals surface area contributed by atoms with Crippen LogP contribution in [0, 0.1) is 0 Å². The monoisotopic (exact) mass is 303 g/mol. The number of piperidine rings is 1. The lowest BCUT2D eigenvalue weighted by atomic mass is 10.0. The second-order valence-electron chi connectivity index (χ2n) is 6.46. The fourth-order valence-corrected chi connectivity index (χ4v) is 4.65. The van der Waals surface area contributed by atoms with Crippen LogP contribution in [0.15, 0.2) is 0 Å². The van der Waals surface area contributed by atoms with Crippen LogP contribution in [0.3, 0.4) is 0 Å². The first-order valence-electron chi connectivity index (χ1n) is 7.87. The Hall–Kier alpha value is -0.170. The van der Waals surface area contributed by atoms with Gasteiger partial charge >= 0.3 is 0 Å². The maximum Gasteiger partial charge on any atom is 0.218 e. The SMILES string of the molecule is CC(C)NCC(C)S(=O)(=O)N1CCN2CCCCC2C1. The molecule has 5 nitrogen and oxygen atoms in total. The quantitative estimate of drug-likeness (QED) is 0.819. The molecule has 0 spiro atoms. The first-order chi connectivity index (χ1) is 9.41. The Morgan fingerprint density at radius 1 is 1.15 bits per heavy atom.